The normalized spacial score (nSPS) is 22.2. The Balaban J connectivity index is 1.74. The summed E-state index contributed by atoms with van der Waals surface area (Å²) in [5.41, 5.74) is -1.39. The predicted molar refractivity (Wildman–Crippen MR) is 118 cm³/mol. The van der Waals surface area contributed by atoms with Gasteiger partial charge in [0.15, 0.2) is 0 Å². The van der Waals surface area contributed by atoms with Crippen molar-refractivity contribution in [3.8, 4) is 6.07 Å². The van der Waals surface area contributed by atoms with Gasteiger partial charge >= 0.3 is 6.18 Å². The van der Waals surface area contributed by atoms with Gasteiger partial charge in [0.1, 0.15) is 0 Å². The van der Waals surface area contributed by atoms with Crippen LogP contribution in [0.25, 0.3) is 0 Å². The summed E-state index contributed by atoms with van der Waals surface area (Å²) in [4.78, 5) is 29.1. The SMILES string of the molecule is CNC(=O)[C@@H]1CN(C(=O)C(C)(C)C)C[C@H]1C1CCN(c2ccc(C#N)c(C(F)(F)F)c2)CC1. The quantitative estimate of drug-likeness (QED) is 0.741. The van der Waals surface area contributed by atoms with Crippen molar-refractivity contribution in [3.63, 3.8) is 0 Å². The van der Waals surface area contributed by atoms with Crippen LogP contribution < -0.4 is 10.2 Å². The van der Waals surface area contributed by atoms with Crippen LogP contribution in [0.1, 0.15) is 44.7 Å². The molecule has 0 aliphatic carbocycles. The number of halogens is 3. The Morgan fingerprint density at radius 3 is 2.27 bits per heavy atom. The van der Waals surface area contributed by atoms with Gasteiger partial charge in [0.05, 0.1) is 23.1 Å². The van der Waals surface area contributed by atoms with Crippen LogP contribution in [0.15, 0.2) is 18.2 Å². The van der Waals surface area contributed by atoms with E-state index in [1.54, 1.807) is 24.1 Å². The highest BCUT2D eigenvalue weighted by Gasteiger charge is 2.45. The first-order valence-corrected chi connectivity index (χ1v) is 11.2. The molecule has 2 aliphatic heterocycles. The minimum absolute atomic E-state index is 0.0186. The number of amides is 2. The number of anilines is 1. The average Bonchev–Trinajstić information content (AvgIpc) is 3.21. The van der Waals surface area contributed by atoms with Gasteiger partial charge in [-0.15, -0.1) is 0 Å². The Hall–Kier alpha value is -2.76. The third-order valence-corrected chi connectivity index (χ3v) is 6.82. The lowest BCUT2D eigenvalue weighted by Crippen LogP contribution is -2.41. The number of likely N-dealkylation sites (tertiary alicyclic amines) is 1. The Morgan fingerprint density at radius 2 is 1.76 bits per heavy atom. The zero-order valence-electron chi connectivity index (χ0n) is 19.5. The van der Waals surface area contributed by atoms with Gasteiger partial charge in [-0.3, -0.25) is 9.59 Å². The summed E-state index contributed by atoms with van der Waals surface area (Å²) in [5.74, 6) is -0.126. The van der Waals surface area contributed by atoms with Gasteiger partial charge in [0.25, 0.3) is 0 Å². The molecule has 0 spiro atoms. The van der Waals surface area contributed by atoms with Gasteiger partial charge in [-0.25, -0.2) is 0 Å². The van der Waals surface area contributed by atoms with E-state index in [1.807, 2.05) is 25.7 Å². The van der Waals surface area contributed by atoms with E-state index >= 15 is 0 Å². The van der Waals surface area contributed by atoms with E-state index in [4.69, 9.17) is 5.26 Å². The van der Waals surface area contributed by atoms with Crippen molar-refractivity contribution < 1.29 is 22.8 Å². The largest absolute Gasteiger partial charge is 0.417 e. The molecule has 2 atom stereocenters. The number of carbonyl (C=O) groups is 2. The number of alkyl halides is 3. The van der Waals surface area contributed by atoms with Crippen LogP contribution in [0, 0.1) is 34.5 Å². The monoisotopic (exact) mass is 464 g/mol. The number of carbonyl (C=O) groups excluding carboxylic acids is 2. The third kappa shape index (κ3) is 5.26. The first-order chi connectivity index (χ1) is 15.4. The summed E-state index contributed by atoms with van der Waals surface area (Å²) < 4.78 is 40.0. The van der Waals surface area contributed by atoms with Gasteiger partial charge in [-0.05, 0) is 42.9 Å². The van der Waals surface area contributed by atoms with E-state index in [-0.39, 0.29) is 35.1 Å². The van der Waals surface area contributed by atoms with E-state index in [0.717, 1.165) is 18.9 Å². The lowest BCUT2D eigenvalue weighted by atomic mass is 9.78. The van der Waals surface area contributed by atoms with Crippen LogP contribution in [-0.2, 0) is 15.8 Å². The Labute approximate surface area is 192 Å². The molecule has 33 heavy (non-hydrogen) atoms. The second-order valence-corrected chi connectivity index (χ2v) is 10.0. The van der Waals surface area contributed by atoms with Crippen molar-refractivity contribution in [3.05, 3.63) is 29.3 Å². The molecule has 0 radical (unpaired) electrons. The molecule has 9 heteroatoms. The maximum atomic E-state index is 13.3. The summed E-state index contributed by atoms with van der Waals surface area (Å²) in [6.07, 6.45) is -3.15. The summed E-state index contributed by atoms with van der Waals surface area (Å²) in [5, 5.41) is 11.7. The van der Waals surface area contributed by atoms with Crippen LogP contribution in [0.5, 0.6) is 0 Å². The van der Waals surface area contributed by atoms with Crippen molar-refractivity contribution in [2.24, 2.45) is 23.2 Å². The van der Waals surface area contributed by atoms with Gasteiger partial charge in [0.2, 0.25) is 11.8 Å². The fourth-order valence-electron chi connectivity index (χ4n) is 5.06. The standard InChI is InChI=1S/C24H31F3N4O2/c1-23(2,3)22(33)31-13-18(19(14-31)21(32)29-4)15-7-9-30(10-8-15)17-6-5-16(12-28)20(11-17)24(25,26)27/h5-6,11,15,18-19H,7-10,13-14H2,1-4H3,(H,29,32)/t18-,19+/m0/s1. The molecule has 1 aromatic carbocycles. The smallest absolute Gasteiger partial charge is 0.372 e. The van der Waals surface area contributed by atoms with E-state index in [1.165, 1.54) is 6.07 Å². The zero-order valence-corrected chi connectivity index (χ0v) is 19.5. The number of nitrogens with one attached hydrogen (secondary N) is 1. The Bertz CT molecular complexity index is 940. The molecule has 2 fully saturated rings. The topological polar surface area (TPSA) is 76.4 Å². The minimum Gasteiger partial charge on any atom is -0.372 e. The van der Waals surface area contributed by atoms with Crippen molar-refractivity contribution >= 4 is 17.5 Å². The fourth-order valence-corrected chi connectivity index (χ4v) is 5.06. The molecule has 6 nitrogen and oxygen atoms in total. The Morgan fingerprint density at radius 1 is 1.12 bits per heavy atom. The average molecular weight is 465 g/mol. The Kier molecular flexibility index (Phi) is 6.96. The summed E-state index contributed by atoms with van der Waals surface area (Å²) in [6, 6.07) is 5.44. The third-order valence-electron chi connectivity index (χ3n) is 6.82. The van der Waals surface area contributed by atoms with Gasteiger partial charge in [-0.2, -0.15) is 18.4 Å². The molecular formula is C24H31F3N4O2. The number of benzene rings is 1. The maximum Gasteiger partial charge on any atom is 0.417 e. The van der Waals surface area contributed by atoms with E-state index in [2.05, 4.69) is 5.32 Å². The molecule has 0 saturated carbocycles. The van der Waals surface area contributed by atoms with Crippen molar-refractivity contribution in [2.45, 2.75) is 39.8 Å². The molecule has 2 heterocycles. The molecule has 0 aromatic heterocycles. The van der Waals surface area contributed by atoms with Crippen LogP contribution in [0.4, 0.5) is 18.9 Å². The van der Waals surface area contributed by atoms with E-state index < -0.39 is 17.2 Å². The molecule has 1 N–H and O–H groups in total. The van der Waals surface area contributed by atoms with Crippen molar-refractivity contribution in [1.82, 2.24) is 10.2 Å². The highest BCUT2D eigenvalue weighted by molar-refractivity contribution is 5.84. The minimum atomic E-state index is -4.59. The van der Waals surface area contributed by atoms with Crippen LogP contribution in [0.3, 0.4) is 0 Å². The second-order valence-electron chi connectivity index (χ2n) is 10.0. The molecule has 0 bridgehead atoms. The fraction of sp³-hybridized carbons (Fsp3) is 0.625. The summed E-state index contributed by atoms with van der Waals surface area (Å²) >= 11 is 0. The summed E-state index contributed by atoms with van der Waals surface area (Å²) in [7, 11) is 1.60. The first kappa shape index (κ1) is 24.9. The highest BCUT2D eigenvalue weighted by atomic mass is 19.4. The van der Waals surface area contributed by atoms with Crippen LogP contribution in [-0.4, -0.2) is 49.9 Å². The zero-order chi connectivity index (χ0) is 24.6. The lowest BCUT2D eigenvalue weighted by molar-refractivity contribution is -0.139. The lowest BCUT2D eigenvalue weighted by Gasteiger charge is -2.37. The molecular weight excluding hydrogens is 433 g/mol. The maximum absolute atomic E-state index is 13.3. The molecule has 1 aromatic rings. The number of nitriles is 1. The number of piperidine rings is 1. The molecule has 2 amide bonds. The number of rotatable bonds is 3. The van der Waals surface area contributed by atoms with E-state index in [9.17, 15) is 22.8 Å². The van der Waals surface area contributed by atoms with Crippen LogP contribution in [0.2, 0.25) is 0 Å². The number of nitrogens with zero attached hydrogens (tertiary/aromatic N) is 3. The molecule has 0 unspecified atom stereocenters. The second kappa shape index (κ2) is 9.24. The number of hydrogen-bond donors (Lipinski definition) is 1. The van der Waals surface area contributed by atoms with Crippen molar-refractivity contribution in [2.75, 3.05) is 38.1 Å². The van der Waals surface area contributed by atoms with Crippen molar-refractivity contribution in [1.29, 1.82) is 5.26 Å². The van der Waals surface area contributed by atoms with Gasteiger partial charge in [-0.1, -0.05) is 20.8 Å². The van der Waals surface area contributed by atoms with Gasteiger partial charge < -0.3 is 15.1 Å². The predicted octanol–water partition coefficient (Wildman–Crippen LogP) is 3.66. The molecule has 3 rings (SSSR count). The number of hydrogen-bond acceptors (Lipinski definition) is 4. The molecule has 2 aliphatic rings. The molecule has 2 saturated heterocycles. The molecule has 180 valence electrons. The summed E-state index contributed by atoms with van der Waals surface area (Å²) in [6.45, 7) is 7.61. The van der Waals surface area contributed by atoms with Crippen LogP contribution >= 0.6 is 0 Å². The first-order valence-electron chi connectivity index (χ1n) is 11.2. The van der Waals surface area contributed by atoms with E-state index in [0.29, 0.717) is 31.9 Å². The highest BCUT2D eigenvalue weighted by Crippen LogP contribution is 2.39. The van der Waals surface area contributed by atoms with Gasteiger partial charge in [0, 0.05) is 44.3 Å².